The van der Waals surface area contributed by atoms with E-state index in [2.05, 4.69) is 20.1 Å². The minimum absolute atomic E-state index is 0.0339. The van der Waals surface area contributed by atoms with Crippen LogP contribution in [0, 0.1) is 5.92 Å². The molecule has 0 saturated carbocycles. The lowest BCUT2D eigenvalue weighted by atomic mass is 9.93. The van der Waals surface area contributed by atoms with Crippen LogP contribution in [0.2, 0.25) is 10.0 Å². The molecular weight excluding hydrogens is 425 g/mol. The van der Waals surface area contributed by atoms with E-state index in [9.17, 15) is 9.59 Å². The van der Waals surface area contributed by atoms with Crippen LogP contribution in [-0.4, -0.2) is 44.6 Å². The maximum absolute atomic E-state index is 13.0. The second-order valence-electron chi connectivity index (χ2n) is 7.95. The Hall–Kier alpha value is -2.51. The lowest BCUT2D eigenvalue weighted by molar-refractivity contribution is -0.134. The molecule has 30 heavy (non-hydrogen) atoms. The number of hydrogen-bond donors (Lipinski definition) is 2. The lowest BCUT2D eigenvalue weighted by Crippen LogP contribution is -2.41. The number of carbonyl (C=O) groups is 2. The molecule has 0 spiro atoms. The second-order valence-corrected chi connectivity index (χ2v) is 8.73. The standard InChI is InChI=1S/C21H21Cl2N5O2/c22-15-2-1-14-19(13-9-25-26-10-13)16-11-27(5-6-28(16)21(14)20(15)23)18(30)8-12-3-4-24-17(29)7-12/h1-2,9-10,12H,3-8,11H2,(H,24,29)(H,25,26)/t12-/m1/s1. The minimum Gasteiger partial charge on any atom is -0.356 e. The van der Waals surface area contributed by atoms with E-state index in [4.69, 9.17) is 23.2 Å². The fraction of sp³-hybridized carbons (Fsp3) is 0.381. The molecule has 0 unspecified atom stereocenters. The number of aromatic nitrogens is 3. The minimum atomic E-state index is 0.0339. The highest BCUT2D eigenvalue weighted by Gasteiger charge is 2.30. The summed E-state index contributed by atoms with van der Waals surface area (Å²) in [7, 11) is 0. The van der Waals surface area contributed by atoms with Gasteiger partial charge in [-0.1, -0.05) is 29.3 Å². The van der Waals surface area contributed by atoms with E-state index in [1.54, 1.807) is 12.3 Å². The quantitative estimate of drug-likeness (QED) is 0.645. The van der Waals surface area contributed by atoms with Gasteiger partial charge >= 0.3 is 0 Å². The highest BCUT2D eigenvalue weighted by atomic mass is 35.5. The van der Waals surface area contributed by atoms with Crippen LogP contribution in [0.4, 0.5) is 0 Å². The van der Waals surface area contributed by atoms with E-state index in [-0.39, 0.29) is 17.7 Å². The molecule has 2 amide bonds. The highest BCUT2D eigenvalue weighted by molar-refractivity contribution is 6.45. The molecule has 156 valence electrons. The number of carbonyl (C=O) groups excluding carboxylic acids is 2. The molecule has 9 heteroatoms. The van der Waals surface area contributed by atoms with Gasteiger partial charge in [-0.25, -0.2) is 0 Å². The number of benzene rings is 1. The van der Waals surface area contributed by atoms with Crippen molar-refractivity contribution in [3.8, 4) is 11.1 Å². The van der Waals surface area contributed by atoms with Crippen molar-refractivity contribution in [2.24, 2.45) is 5.92 Å². The van der Waals surface area contributed by atoms with Crippen molar-refractivity contribution in [2.45, 2.75) is 32.4 Å². The fourth-order valence-corrected chi connectivity index (χ4v) is 5.07. The number of nitrogens with one attached hydrogen (secondary N) is 2. The van der Waals surface area contributed by atoms with Crippen molar-refractivity contribution >= 4 is 45.9 Å². The Balaban J connectivity index is 1.50. The first-order valence-electron chi connectivity index (χ1n) is 10.1. The zero-order valence-corrected chi connectivity index (χ0v) is 17.8. The molecule has 2 N–H and O–H groups in total. The zero-order chi connectivity index (χ0) is 20.8. The van der Waals surface area contributed by atoms with Crippen LogP contribution in [0.3, 0.4) is 0 Å². The van der Waals surface area contributed by atoms with Crippen molar-refractivity contribution in [2.75, 3.05) is 13.1 Å². The molecule has 1 fully saturated rings. The SMILES string of the molecule is O=C1C[C@H](CC(=O)N2CCn3c(c(-c4cn[nH]c4)c4ccc(Cl)c(Cl)c43)C2)CCN1. The number of rotatable bonds is 3. The first kappa shape index (κ1) is 19.5. The van der Waals surface area contributed by atoms with E-state index in [0.29, 0.717) is 49.1 Å². The van der Waals surface area contributed by atoms with Gasteiger partial charge in [-0.2, -0.15) is 5.10 Å². The van der Waals surface area contributed by atoms with Crippen LogP contribution in [0.25, 0.3) is 22.0 Å². The molecule has 1 atom stereocenters. The molecule has 1 aromatic carbocycles. The van der Waals surface area contributed by atoms with Gasteiger partial charge in [-0.3, -0.25) is 14.7 Å². The first-order valence-corrected chi connectivity index (χ1v) is 10.8. The van der Waals surface area contributed by atoms with Crippen molar-refractivity contribution in [1.29, 1.82) is 0 Å². The first-order chi connectivity index (χ1) is 14.5. The van der Waals surface area contributed by atoms with Gasteiger partial charge in [0, 0.05) is 60.9 Å². The molecule has 2 aliphatic heterocycles. The summed E-state index contributed by atoms with van der Waals surface area (Å²) in [5.41, 5.74) is 3.89. The molecule has 5 rings (SSSR count). The number of fused-ring (bicyclic) bond motifs is 3. The molecule has 2 aromatic heterocycles. The van der Waals surface area contributed by atoms with E-state index >= 15 is 0 Å². The van der Waals surface area contributed by atoms with Crippen LogP contribution >= 0.6 is 23.2 Å². The van der Waals surface area contributed by atoms with Gasteiger partial charge in [-0.15, -0.1) is 0 Å². The summed E-state index contributed by atoms with van der Waals surface area (Å²) in [5.74, 6) is 0.237. The third-order valence-corrected chi connectivity index (χ3v) is 6.90. The molecule has 2 aliphatic rings. The van der Waals surface area contributed by atoms with Crippen molar-refractivity contribution in [3.05, 3.63) is 40.3 Å². The Labute approximate surface area is 183 Å². The highest BCUT2D eigenvalue weighted by Crippen LogP contribution is 2.42. The average molecular weight is 446 g/mol. The summed E-state index contributed by atoms with van der Waals surface area (Å²) >= 11 is 12.9. The molecule has 1 saturated heterocycles. The summed E-state index contributed by atoms with van der Waals surface area (Å²) < 4.78 is 2.17. The van der Waals surface area contributed by atoms with Crippen LogP contribution in [0.5, 0.6) is 0 Å². The summed E-state index contributed by atoms with van der Waals surface area (Å²) in [5, 5.41) is 11.8. The Morgan fingerprint density at radius 3 is 2.90 bits per heavy atom. The summed E-state index contributed by atoms with van der Waals surface area (Å²) in [6.07, 6.45) is 5.30. The number of amides is 2. The number of piperidine rings is 1. The molecule has 4 heterocycles. The van der Waals surface area contributed by atoms with Gasteiger partial charge in [0.15, 0.2) is 0 Å². The molecular formula is C21H21Cl2N5O2. The van der Waals surface area contributed by atoms with Gasteiger partial charge in [0.25, 0.3) is 0 Å². The van der Waals surface area contributed by atoms with Crippen molar-refractivity contribution < 1.29 is 9.59 Å². The smallest absolute Gasteiger partial charge is 0.223 e. The number of H-pyrrole nitrogens is 1. The Bertz CT molecular complexity index is 1140. The molecule has 7 nitrogen and oxygen atoms in total. The lowest BCUT2D eigenvalue weighted by Gasteiger charge is -2.31. The van der Waals surface area contributed by atoms with E-state index in [1.807, 2.05) is 17.2 Å². The molecule has 0 bridgehead atoms. The van der Waals surface area contributed by atoms with Gasteiger partial charge in [-0.05, 0) is 18.4 Å². The van der Waals surface area contributed by atoms with Gasteiger partial charge in [0.1, 0.15) is 0 Å². The summed E-state index contributed by atoms with van der Waals surface area (Å²) in [6, 6.07) is 3.78. The van der Waals surface area contributed by atoms with Gasteiger partial charge in [0.05, 0.1) is 28.3 Å². The number of aromatic amines is 1. The fourth-order valence-electron chi connectivity index (χ4n) is 4.65. The Kier molecular flexibility index (Phi) is 4.95. The Morgan fingerprint density at radius 2 is 2.13 bits per heavy atom. The number of nitrogens with zero attached hydrogens (tertiary/aromatic N) is 3. The Morgan fingerprint density at radius 1 is 1.27 bits per heavy atom. The van der Waals surface area contributed by atoms with Crippen LogP contribution in [-0.2, 0) is 22.7 Å². The van der Waals surface area contributed by atoms with Crippen molar-refractivity contribution in [1.82, 2.24) is 25.0 Å². The topological polar surface area (TPSA) is 83.0 Å². The normalized spacial score (nSPS) is 19.1. The third kappa shape index (κ3) is 3.26. The van der Waals surface area contributed by atoms with Crippen LogP contribution in [0.15, 0.2) is 24.5 Å². The maximum atomic E-state index is 13.0. The molecule has 0 radical (unpaired) electrons. The van der Waals surface area contributed by atoms with Gasteiger partial charge < -0.3 is 14.8 Å². The second kappa shape index (κ2) is 7.63. The molecule has 0 aliphatic carbocycles. The van der Waals surface area contributed by atoms with E-state index < -0.39 is 0 Å². The summed E-state index contributed by atoms with van der Waals surface area (Å²) in [4.78, 5) is 26.6. The number of halogens is 2. The number of hydrogen-bond acceptors (Lipinski definition) is 3. The van der Waals surface area contributed by atoms with Crippen LogP contribution in [0.1, 0.15) is 25.0 Å². The summed E-state index contributed by atoms with van der Waals surface area (Å²) in [6.45, 7) is 2.37. The van der Waals surface area contributed by atoms with E-state index in [1.165, 1.54) is 0 Å². The van der Waals surface area contributed by atoms with Gasteiger partial charge in [0.2, 0.25) is 11.8 Å². The van der Waals surface area contributed by atoms with E-state index in [0.717, 1.165) is 34.1 Å². The molecule has 3 aromatic rings. The third-order valence-electron chi connectivity index (χ3n) is 6.11. The maximum Gasteiger partial charge on any atom is 0.223 e. The monoisotopic (exact) mass is 445 g/mol. The predicted molar refractivity (Wildman–Crippen MR) is 115 cm³/mol. The predicted octanol–water partition coefficient (Wildman–Crippen LogP) is 3.60. The van der Waals surface area contributed by atoms with Crippen LogP contribution < -0.4 is 5.32 Å². The average Bonchev–Trinajstić information content (AvgIpc) is 3.36. The zero-order valence-electron chi connectivity index (χ0n) is 16.3. The van der Waals surface area contributed by atoms with Crippen molar-refractivity contribution in [3.63, 3.8) is 0 Å². The largest absolute Gasteiger partial charge is 0.356 e.